The normalized spacial score (nSPS) is 14.0. The number of carbonyl (C=O) groups is 3. The molecule has 188 valence electrons. The van der Waals surface area contributed by atoms with Crippen molar-refractivity contribution in [3.05, 3.63) is 71.8 Å². The summed E-state index contributed by atoms with van der Waals surface area (Å²) in [6.45, 7) is 5.95. The molecule has 1 aliphatic heterocycles. The van der Waals surface area contributed by atoms with Crippen molar-refractivity contribution in [2.24, 2.45) is 0 Å². The van der Waals surface area contributed by atoms with Crippen LogP contribution in [0, 0.1) is 0 Å². The minimum Gasteiger partial charge on any atom is -0.497 e. The van der Waals surface area contributed by atoms with E-state index in [0.717, 1.165) is 28.4 Å². The fraction of sp³-hybridized carbons (Fsp3) is 0.345. The van der Waals surface area contributed by atoms with E-state index in [0.29, 0.717) is 17.7 Å². The molecule has 3 aromatic rings. The number of hydrogen-bond donors (Lipinski definition) is 1. The lowest BCUT2D eigenvalue weighted by Crippen LogP contribution is -2.53. The van der Waals surface area contributed by atoms with E-state index >= 15 is 0 Å². The highest BCUT2D eigenvalue weighted by molar-refractivity contribution is 6.26. The largest absolute Gasteiger partial charge is 0.497 e. The first-order valence-electron chi connectivity index (χ1n) is 12.4. The smallest absolute Gasteiger partial charge is 0.259 e. The van der Waals surface area contributed by atoms with Crippen LogP contribution in [0.5, 0.6) is 5.75 Å². The molecule has 0 spiro atoms. The summed E-state index contributed by atoms with van der Waals surface area (Å²) in [5, 5.41) is 4.84. The number of carbonyl (C=O) groups excluding carboxylic acids is 3. The van der Waals surface area contributed by atoms with Crippen LogP contribution in [0.2, 0.25) is 0 Å². The van der Waals surface area contributed by atoms with Gasteiger partial charge in [-0.15, -0.1) is 0 Å². The predicted octanol–water partition coefficient (Wildman–Crippen LogP) is 4.53. The lowest BCUT2D eigenvalue weighted by Gasteiger charge is -2.33. The first-order chi connectivity index (χ1) is 17.4. The quantitative estimate of drug-likeness (QED) is 0.456. The SMILES string of the molecule is CCC(C)NC(=O)C(CC)N(Cc1ccc(OC)cc1)C(=O)CN1C(=O)c2cccc3cccc1c23. The molecule has 3 amide bonds. The molecule has 0 aromatic heterocycles. The Morgan fingerprint density at radius 1 is 1.00 bits per heavy atom. The summed E-state index contributed by atoms with van der Waals surface area (Å²) in [5.74, 6) is 0.0466. The number of nitrogens with one attached hydrogen (secondary N) is 1. The molecule has 0 bridgehead atoms. The Kier molecular flexibility index (Phi) is 7.58. The summed E-state index contributed by atoms with van der Waals surface area (Å²) in [4.78, 5) is 43.4. The van der Waals surface area contributed by atoms with Gasteiger partial charge in [-0.2, -0.15) is 0 Å². The minimum absolute atomic E-state index is 0.00301. The molecule has 3 aromatic carbocycles. The van der Waals surface area contributed by atoms with Crippen molar-refractivity contribution in [2.75, 3.05) is 18.6 Å². The molecule has 1 N–H and O–H groups in total. The van der Waals surface area contributed by atoms with Gasteiger partial charge in [-0.25, -0.2) is 0 Å². The minimum atomic E-state index is -0.663. The first kappa shape index (κ1) is 25.2. The van der Waals surface area contributed by atoms with E-state index in [2.05, 4.69) is 5.32 Å². The van der Waals surface area contributed by atoms with Crippen molar-refractivity contribution in [2.45, 2.75) is 52.2 Å². The number of anilines is 1. The zero-order valence-electron chi connectivity index (χ0n) is 21.3. The third-order valence-electron chi connectivity index (χ3n) is 6.84. The second-order valence-electron chi connectivity index (χ2n) is 9.18. The molecule has 2 unspecified atom stereocenters. The van der Waals surface area contributed by atoms with Gasteiger partial charge in [-0.05, 0) is 55.0 Å². The van der Waals surface area contributed by atoms with E-state index in [9.17, 15) is 14.4 Å². The molecule has 7 heteroatoms. The van der Waals surface area contributed by atoms with Gasteiger partial charge < -0.3 is 15.0 Å². The van der Waals surface area contributed by atoms with E-state index in [4.69, 9.17) is 4.74 Å². The monoisotopic (exact) mass is 487 g/mol. The number of nitrogens with zero attached hydrogens (tertiary/aromatic N) is 2. The number of amides is 3. The summed E-state index contributed by atoms with van der Waals surface area (Å²) in [7, 11) is 1.60. The summed E-state index contributed by atoms with van der Waals surface area (Å²) in [6, 6.07) is 18.1. The topological polar surface area (TPSA) is 79.0 Å². The van der Waals surface area contributed by atoms with E-state index in [-0.39, 0.29) is 36.9 Å². The number of benzene rings is 3. The zero-order valence-corrected chi connectivity index (χ0v) is 21.3. The first-order valence-corrected chi connectivity index (χ1v) is 12.4. The number of methoxy groups -OCH3 is 1. The lowest BCUT2D eigenvalue weighted by molar-refractivity contribution is -0.140. The Labute approximate surface area is 212 Å². The summed E-state index contributed by atoms with van der Waals surface area (Å²) >= 11 is 0. The van der Waals surface area contributed by atoms with Crippen LogP contribution in [0.3, 0.4) is 0 Å². The Hall–Kier alpha value is -3.87. The van der Waals surface area contributed by atoms with Crippen LogP contribution in [0.4, 0.5) is 5.69 Å². The van der Waals surface area contributed by atoms with E-state index < -0.39 is 6.04 Å². The fourth-order valence-corrected chi connectivity index (χ4v) is 4.65. The molecule has 1 heterocycles. The van der Waals surface area contributed by atoms with Crippen molar-refractivity contribution >= 4 is 34.2 Å². The van der Waals surface area contributed by atoms with Gasteiger partial charge >= 0.3 is 0 Å². The molecule has 0 fully saturated rings. The van der Waals surface area contributed by atoms with E-state index in [1.807, 2.05) is 75.4 Å². The summed E-state index contributed by atoms with van der Waals surface area (Å²) in [5.41, 5.74) is 2.19. The second kappa shape index (κ2) is 10.8. The number of rotatable bonds is 10. The molecular formula is C29H33N3O4. The van der Waals surface area contributed by atoms with Gasteiger partial charge in [0.1, 0.15) is 18.3 Å². The molecule has 4 rings (SSSR count). The highest BCUT2D eigenvalue weighted by Gasteiger charge is 2.35. The molecule has 0 radical (unpaired) electrons. The van der Waals surface area contributed by atoms with E-state index in [1.54, 1.807) is 18.1 Å². The van der Waals surface area contributed by atoms with Gasteiger partial charge in [-0.1, -0.05) is 50.2 Å². The average molecular weight is 488 g/mol. The van der Waals surface area contributed by atoms with Crippen LogP contribution >= 0.6 is 0 Å². The molecule has 36 heavy (non-hydrogen) atoms. The Bertz CT molecular complexity index is 1270. The maximum atomic E-state index is 13.8. The van der Waals surface area contributed by atoms with Crippen molar-refractivity contribution in [1.82, 2.24) is 10.2 Å². The van der Waals surface area contributed by atoms with Crippen LogP contribution in [0.25, 0.3) is 10.8 Å². The molecule has 2 atom stereocenters. The van der Waals surface area contributed by atoms with Gasteiger partial charge in [-0.3, -0.25) is 19.3 Å². The number of hydrogen-bond acceptors (Lipinski definition) is 4. The van der Waals surface area contributed by atoms with Crippen LogP contribution in [-0.4, -0.2) is 48.4 Å². The van der Waals surface area contributed by atoms with Crippen LogP contribution in [0.15, 0.2) is 60.7 Å². The average Bonchev–Trinajstić information content (AvgIpc) is 3.16. The van der Waals surface area contributed by atoms with Gasteiger partial charge in [0.05, 0.1) is 12.8 Å². The molecule has 0 saturated heterocycles. The van der Waals surface area contributed by atoms with Crippen LogP contribution < -0.4 is 15.0 Å². The maximum Gasteiger partial charge on any atom is 0.259 e. The lowest BCUT2D eigenvalue weighted by atomic mass is 10.1. The van der Waals surface area contributed by atoms with Crippen LogP contribution in [-0.2, 0) is 16.1 Å². The van der Waals surface area contributed by atoms with Crippen molar-refractivity contribution in [3.8, 4) is 5.75 Å². The zero-order chi connectivity index (χ0) is 25.8. The Morgan fingerprint density at radius 2 is 1.69 bits per heavy atom. The van der Waals surface area contributed by atoms with Gasteiger partial charge in [0.15, 0.2) is 0 Å². The summed E-state index contributed by atoms with van der Waals surface area (Å²) < 4.78 is 5.25. The van der Waals surface area contributed by atoms with Crippen LogP contribution in [0.1, 0.15) is 49.5 Å². The third kappa shape index (κ3) is 4.91. The fourth-order valence-electron chi connectivity index (χ4n) is 4.65. The molecule has 0 aliphatic carbocycles. The molecular weight excluding hydrogens is 454 g/mol. The van der Waals surface area contributed by atoms with Gasteiger partial charge in [0.25, 0.3) is 5.91 Å². The number of ether oxygens (including phenoxy) is 1. The summed E-state index contributed by atoms with van der Waals surface area (Å²) in [6.07, 6.45) is 1.24. The van der Waals surface area contributed by atoms with E-state index in [1.165, 1.54) is 4.90 Å². The van der Waals surface area contributed by atoms with Gasteiger partial charge in [0, 0.05) is 23.5 Å². The van der Waals surface area contributed by atoms with Crippen molar-refractivity contribution in [3.63, 3.8) is 0 Å². The molecule has 1 aliphatic rings. The van der Waals surface area contributed by atoms with Gasteiger partial charge in [0.2, 0.25) is 11.8 Å². The second-order valence-corrected chi connectivity index (χ2v) is 9.18. The highest BCUT2D eigenvalue weighted by atomic mass is 16.5. The molecule has 0 saturated carbocycles. The third-order valence-corrected chi connectivity index (χ3v) is 6.84. The van der Waals surface area contributed by atoms with Crippen molar-refractivity contribution in [1.29, 1.82) is 0 Å². The predicted molar refractivity (Wildman–Crippen MR) is 141 cm³/mol. The Balaban J connectivity index is 1.64. The standard InChI is InChI=1S/C29H33N3O4/c1-5-19(3)30-28(34)24(6-2)31(17-20-13-15-22(36-4)16-14-20)26(33)18-32-25-12-8-10-21-9-7-11-23(27(21)25)29(32)35/h7-16,19,24H,5-6,17-18H2,1-4H3,(H,30,34). The Morgan fingerprint density at radius 3 is 2.33 bits per heavy atom. The molecule has 7 nitrogen and oxygen atoms in total. The highest BCUT2D eigenvalue weighted by Crippen LogP contribution is 2.37. The van der Waals surface area contributed by atoms with Crippen molar-refractivity contribution < 1.29 is 19.1 Å². The maximum absolute atomic E-state index is 13.8.